The summed E-state index contributed by atoms with van der Waals surface area (Å²) in [4.78, 5) is 14.7. The number of benzene rings is 1. The molecule has 0 N–H and O–H groups in total. The number of ether oxygens (including phenoxy) is 2. The van der Waals surface area contributed by atoms with Crippen LogP contribution in [0, 0.1) is 5.92 Å². The second-order valence-electron chi connectivity index (χ2n) is 6.49. The van der Waals surface area contributed by atoms with Crippen molar-refractivity contribution in [3.63, 3.8) is 0 Å². The molecule has 1 atom stereocenters. The molecule has 0 radical (unpaired) electrons. The van der Waals surface area contributed by atoms with E-state index < -0.39 is 0 Å². The molecule has 1 amide bonds. The number of amides is 1. The average Bonchev–Trinajstić information content (AvgIpc) is 2.98. The molecule has 5 nitrogen and oxygen atoms in total. The summed E-state index contributed by atoms with van der Waals surface area (Å²) >= 11 is 0. The highest BCUT2D eigenvalue weighted by Gasteiger charge is 2.24. The fraction of sp³-hybridized carbons (Fsp3) is 0.450. The predicted octanol–water partition coefficient (Wildman–Crippen LogP) is 2.95. The molecule has 0 saturated carbocycles. The molecule has 2 heterocycles. The number of fused-ring (bicyclic) bond motifs is 1. The maximum Gasteiger partial charge on any atom is 0.226 e. The largest absolute Gasteiger partial charge is 0.493 e. The molecule has 1 aliphatic rings. The second-order valence-corrected chi connectivity index (χ2v) is 6.49. The van der Waals surface area contributed by atoms with E-state index in [1.165, 1.54) is 5.69 Å². The van der Waals surface area contributed by atoms with E-state index >= 15 is 0 Å². The van der Waals surface area contributed by atoms with E-state index in [1.54, 1.807) is 7.11 Å². The van der Waals surface area contributed by atoms with Gasteiger partial charge < -0.3 is 18.9 Å². The highest BCUT2D eigenvalue weighted by molar-refractivity contribution is 5.76. The SMILES string of the molecule is COCC[C@H]1CN(C(=O)CCOc2ccccc2)Cc2cccn2C1. The summed E-state index contributed by atoms with van der Waals surface area (Å²) < 4.78 is 13.2. The monoisotopic (exact) mass is 342 g/mol. The number of carbonyl (C=O) groups is 1. The molecule has 134 valence electrons. The first kappa shape index (κ1) is 17.5. The van der Waals surface area contributed by atoms with Crippen molar-refractivity contribution in [3.05, 3.63) is 54.4 Å². The maximum absolute atomic E-state index is 12.7. The van der Waals surface area contributed by atoms with Crippen LogP contribution in [0.25, 0.3) is 0 Å². The normalized spacial score (nSPS) is 17.0. The predicted molar refractivity (Wildman–Crippen MR) is 96.4 cm³/mol. The lowest BCUT2D eigenvalue weighted by atomic mass is 10.1. The van der Waals surface area contributed by atoms with Crippen LogP contribution >= 0.6 is 0 Å². The summed E-state index contributed by atoms with van der Waals surface area (Å²) in [6.45, 7) is 3.51. The van der Waals surface area contributed by atoms with Crippen LogP contribution in [0.3, 0.4) is 0 Å². The second kappa shape index (κ2) is 8.72. The Morgan fingerprint density at radius 3 is 2.76 bits per heavy atom. The molecule has 1 aromatic heterocycles. The lowest BCUT2D eigenvalue weighted by molar-refractivity contribution is -0.133. The van der Waals surface area contributed by atoms with Crippen molar-refractivity contribution < 1.29 is 14.3 Å². The lowest BCUT2D eigenvalue weighted by Crippen LogP contribution is -2.35. The van der Waals surface area contributed by atoms with Crippen molar-refractivity contribution in [1.29, 1.82) is 0 Å². The lowest BCUT2D eigenvalue weighted by Gasteiger charge is -2.24. The Morgan fingerprint density at radius 2 is 1.96 bits per heavy atom. The average molecular weight is 342 g/mol. The molecular weight excluding hydrogens is 316 g/mol. The van der Waals surface area contributed by atoms with Crippen molar-refractivity contribution in [1.82, 2.24) is 9.47 Å². The molecule has 1 aromatic carbocycles. The van der Waals surface area contributed by atoms with Gasteiger partial charge in [-0.3, -0.25) is 4.79 Å². The molecule has 0 saturated heterocycles. The number of aromatic nitrogens is 1. The standard InChI is InChI=1S/C20H26N2O3/c1-24-12-9-17-14-21-11-5-6-18(21)16-22(15-17)20(23)10-13-25-19-7-3-2-4-8-19/h2-8,11,17H,9-10,12-16H2,1H3/t17-/m1/s1. The van der Waals surface area contributed by atoms with Gasteiger partial charge >= 0.3 is 0 Å². The smallest absolute Gasteiger partial charge is 0.226 e. The molecule has 0 fully saturated rings. The van der Waals surface area contributed by atoms with Gasteiger partial charge in [0.05, 0.1) is 19.6 Å². The van der Waals surface area contributed by atoms with Crippen LogP contribution < -0.4 is 4.74 Å². The third-order valence-electron chi connectivity index (χ3n) is 4.62. The van der Waals surface area contributed by atoms with Gasteiger partial charge in [0.15, 0.2) is 0 Å². The van der Waals surface area contributed by atoms with Gasteiger partial charge in [-0.05, 0) is 36.6 Å². The molecule has 5 heteroatoms. The van der Waals surface area contributed by atoms with Gasteiger partial charge in [0.25, 0.3) is 0 Å². The van der Waals surface area contributed by atoms with Gasteiger partial charge in [0.1, 0.15) is 5.75 Å². The number of carbonyl (C=O) groups excluding carboxylic acids is 1. The van der Waals surface area contributed by atoms with Gasteiger partial charge in [-0.15, -0.1) is 0 Å². The zero-order valence-electron chi connectivity index (χ0n) is 14.8. The number of nitrogens with zero attached hydrogens (tertiary/aromatic N) is 2. The molecule has 25 heavy (non-hydrogen) atoms. The third-order valence-corrected chi connectivity index (χ3v) is 4.62. The van der Waals surface area contributed by atoms with E-state index in [4.69, 9.17) is 9.47 Å². The van der Waals surface area contributed by atoms with Gasteiger partial charge in [-0.1, -0.05) is 18.2 Å². The van der Waals surface area contributed by atoms with Crippen molar-refractivity contribution in [2.45, 2.75) is 25.9 Å². The van der Waals surface area contributed by atoms with Crippen LogP contribution in [-0.4, -0.2) is 42.2 Å². The quantitative estimate of drug-likeness (QED) is 0.777. The summed E-state index contributed by atoms with van der Waals surface area (Å²) in [6, 6.07) is 13.8. The van der Waals surface area contributed by atoms with Crippen LogP contribution in [-0.2, 0) is 22.6 Å². The van der Waals surface area contributed by atoms with Crippen LogP contribution in [0.2, 0.25) is 0 Å². The Bertz CT molecular complexity index is 669. The van der Waals surface area contributed by atoms with Crippen LogP contribution in [0.4, 0.5) is 0 Å². The van der Waals surface area contributed by atoms with E-state index in [0.717, 1.165) is 31.9 Å². The number of para-hydroxylation sites is 1. The van der Waals surface area contributed by atoms with Gasteiger partial charge in [0, 0.05) is 38.7 Å². The van der Waals surface area contributed by atoms with Crippen molar-refractivity contribution in [2.75, 3.05) is 26.9 Å². The van der Waals surface area contributed by atoms with E-state index in [9.17, 15) is 4.79 Å². The van der Waals surface area contributed by atoms with Gasteiger partial charge in [-0.25, -0.2) is 0 Å². The summed E-state index contributed by atoms with van der Waals surface area (Å²) in [5.41, 5.74) is 1.19. The number of hydrogen-bond donors (Lipinski definition) is 0. The van der Waals surface area contributed by atoms with E-state index in [-0.39, 0.29) is 5.91 Å². The molecular formula is C20H26N2O3. The Hall–Kier alpha value is -2.27. The Labute approximate surface area is 149 Å². The number of methoxy groups -OCH3 is 1. The minimum absolute atomic E-state index is 0.146. The Balaban J connectivity index is 1.58. The van der Waals surface area contributed by atoms with E-state index in [2.05, 4.69) is 22.9 Å². The maximum atomic E-state index is 12.7. The first-order valence-electron chi connectivity index (χ1n) is 8.85. The van der Waals surface area contributed by atoms with E-state index in [0.29, 0.717) is 25.5 Å². The first-order valence-corrected chi connectivity index (χ1v) is 8.85. The van der Waals surface area contributed by atoms with E-state index in [1.807, 2.05) is 35.2 Å². The minimum Gasteiger partial charge on any atom is -0.493 e. The fourth-order valence-corrected chi connectivity index (χ4v) is 3.27. The zero-order valence-corrected chi connectivity index (χ0v) is 14.8. The molecule has 2 aromatic rings. The molecule has 1 aliphatic heterocycles. The molecule has 3 rings (SSSR count). The topological polar surface area (TPSA) is 43.7 Å². The van der Waals surface area contributed by atoms with Crippen LogP contribution in [0.1, 0.15) is 18.5 Å². The van der Waals surface area contributed by atoms with Crippen LogP contribution in [0.15, 0.2) is 48.7 Å². The number of hydrogen-bond acceptors (Lipinski definition) is 3. The van der Waals surface area contributed by atoms with Crippen molar-refractivity contribution >= 4 is 5.91 Å². The summed E-state index contributed by atoms with van der Waals surface area (Å²) in [5, 5.41) is 0. The molecule has 0 aliphatic carbocycles. The Kier molecular flexibility index (Phi) is 6.12. The third kappa shape index (κ3) is 4.86. The molecule has 0 bridgehead atoms. The van der Waals surface area contributed by atoms with Crippen molar-refractivity contribution in [2.24, 2.45) is 5.92 Å². The van der Waals surface area contributed by atoms with Crippen molar-refractivity contribution in [3.8, 4) is 5.75 Å². The zero-order chi connectivity index (χ0) is 17.5. The molecule has 0 unspecified atom stereocenters. The first-order chi connectivity index (χ1) is 12.3. The number of rotatable bonds is 7. The fourth-order valence-electron chi connectivity index (χ4n) is 3.27. The summed E-state index contributed by atoms with van der Waals surface area (Å²) in [7, 11) is 1.72. The highest BCUT2D eigenvalue weighted by atomic mass is 16.5. The van der Waals surface area contributed by atoms with Gasteiger partial charge in [-0.2, -0.15) is 0 Å². The van der Waals surface area contributed by atoms with Crippen LogP contribution in [0.5, 0.6) is 5.75 Å². The highest BCUT2D eigenvalue weighted by Crippen LogP contribution is 2.20. The Morgan fingerprint density at radius 1 is 1.12 bits per heavy atom. The summed E-state index contributed by atoms with van der Waals surface area (Å²) in [5.74, 6) is 1.36. The molecule has 0 spiro atoms. The summed E-state index contributed by atoms with van der Waals surface area (Å²) in [6.07, 6.45) is 3.45. The minimum atomic E-state index is 0.146. The van der Waals surface area contributed by atoms with Gasteiger partial charge in [0.2, 0.25) is 5.91 Å².